The van der Waals surface area contributed by atoms with Gasteiger partial charge in [0.2, 0.25) is 11.8 Å². The highest BCUT2D eigenvalue weighted by Gasteiger charge is 2.25. The van der Waals surface area contributed by atoms with E-state index in [1.807, 2.05) is 18.2 Å². The first-order chi connectivity index (χ1) is 9.11. The van der Waals surface area contributed by atoms with Crippen LogP contribution in [-0.4, -0.2) is 30.9 Å². The van der Waals surface area contributed by atoms with Crippen LogP contribution in [0.15, 0.2) is 24.3 Å². The number of carbonyl (C=O) groups excluding carboxylic acids is 2. The monoisotopic (exact) mass is 261 g/mol. The summed E-state index contributed by atoms with van der Waals surface area (Å²) in [4.78, 5) is 23.5. The number of benzene rings is 1. The lowest BCUT2D eigenvalue weighted by atomic mass is 9.95. The van der Waals surface area contributed by atoms with Crippen LogP contribution in [0, 0.1) is 0 Å². The molecule has 0 fully saturated rings. The Balaban J connectivity index is 1.97. The second kappa shape index (κ2) is 5.84. The molecule has 1 heterocycles. The van der Waals surface area contributed by atoms with E-state index in [1.54, 1.807) is 14.0 Å². The van der Waals surface area contributed by atoms with E-state index < -0.39 is 6.04 Å². The van der Waals surface area contributed by atoms with E-state index >= 15 is 0 Å². The van der Waals surface area contributed by atoms with Gasteiger partial charge < -0.3 is 16.0 Å². The Morgan fingerprint density at radius 3 is 2.68 bits per heavy atom. The third kappa shape index (κ3) is 3.12. The summed E-state index contributed by atoms with van der Waals surface area (Å²) < 4.78 is 0. The number of likely N-dealkylation sites (N-methyl/N-ethyl adjacent to an activating group) is 1. The normalized spacial score (nSPS) is 19.2. The van der Waals surface area contributed by atoms with Crippen molar-refractivity contribution in [3.63, 3.8) is 0 Å². The molecule has 5 heteroatoms. The van der Waals surface area contributed by atoms with Gasteiger partial charge in [0.25, 0.3) is 0 Å². The van der Waals surface area contributed by atoms with Crippen molar-refractivity contribution in [2.45, 2.75) is 32.0 Å². The van der Waals surface area contributed by atoms with Crippen LogP contribution in [0.4, 0.5) is 0 Å². The van der Waals surface area contributed by atoms with Crippen molar-refractivity contribution >= 4 is 11.8 Å². The molecule has 0 aliphatic carbocycles. The summed E-state index contributed by atoms with van der Waals surface area (Å²) in [5.74, 6) is -0.324. The first-order valence-corrected chi connectivity index (χ1v) is 6.44. The lowest BCUT2D eigenvalue weighted by Gasteiger charge is -2.26. The molecule has 1 aromatic rings. The van der Waals surface area contributed by atoms with Gasteiger partial charge in [0.15, 0.2) is 0 Å². The average molecular weight is 261 g/mol. The average Bonchev–Trinajstić information content (AvgIpc) is 2.45. The predicted molar refractivity (Wildman–Crippen MR) is 72.4 cm³/mol. The number of hydrogen-bond acceptors (Lipinski definition) is 3. The fourth-order valence-electron chi connectivity index (χ4n) is 2.24. The molecule has 19 heavy (non-hydrogen) atoms. The van der Waals surface area contributed by atoms with Crippen molar-refractivity contribution in [3.05, 3.63) is 35.4 Å². The Labute approximate surface area is 112 Å². The first-order valence-electron chi connectivity index (χ1n) is 6.44. The van der Waals surface area contributed by atoms with Gasteiger partial charge in [-0.15, -0.1) is 0 Å². The molecular weight excluding hydrogens is 242 g/mol. The highest BCUT2D eigenvalue weighted by atomic mass is 16.2. The molecule has 2 rings (SSSR count). The second-order valence-corrected chi connectivity index (χ2v) is 4.75. The zero-order valence-corrected chi connectivity index (χ0v) is 11.2. The molecule has 1 aliphatic rings. The number of amides is 2. The minimum atomic E-state index is -0.517. The van der Waals surface area contributed by atoms with Gasteiger partial charge >= 0.3 is 0 Å². The summed E-state index contributed by atoms with van der Waals surface area (Å²) in [7, 11) is 1.56. The van der Waals surface area contributed by atoms with Gasteiger partial charge in [-0.25, -0.2) is 0 Å². The Bertz CT molecular complexity index is 487. The van der Waals surface area contributed by atoms with E-state index in [-0.39, 0.29) is 17.9 Å². The van der Waals surface area contributed by atoms with Gasteiger partial charge in [-0.2, -0.15) is 0 Å². The van der Waals surface area contributed by atoms with E-state index in [9.17, 15) is 9.59 Å². The fraction of sp³-hybridized carbons (Fsp3) is 0.429. The van der Waals surface area contributed by atoms with Gasteiger partial charge in [0.05, 0.1) is 6.04 Å². The summed E-state index contributed by atoms with van der Waals surface area (Å²) in [6.45, 7) is 2.36. The number of fused-ring (bicyclic) bond motifs is 1. The Hall–Kier alpha value is -1.88. The molecule has 3 N–H and O–H groups in total. The largest absolute Gasteiger partial charge is 0.357 e. The summed E-state index contributed by atoms with van der Waals surface area (Å²) in [6, 6.07) is 7.28. The van der Waals surface area contributed by atoms with E-state index in [1.165, 1.54) is 11.1 Å². The van der Waals surface area contributed by atoms with Crippen molar-refractivity contribution < 1.29 is 9.59 Å². The van der Waals surface area contributed by atoms with Crippen molar-refractivity contribution in [1.82, 2.24) is 16.0 Å². The van der Waals surface area contributed by atoms with E-state index in [0.717, 1.165) is 0 Å². The third-order valence-electron chi connectivity index (χ3n) is 3.40. The lowest BCUT2D eigenvalue weighted by Crippen LogP contribution is -2.52. The minimum Gasteiger partial charge on any atom is -0.357 e. The van der Waals surface area contributed by atoms with Crippen LogP contribution in [0.5, 0.6) is 0 Å². The van der Waals surface area contributed by atoms with Crippen LogP contribution in [0.25, 0.3) is 0 Å². The molecule has 1 unspecified atom stereocenters. The third-order valence-corrected chi connectivity index (χ3v) is 3.40. The molecular formula is C14H19N3O2. The van der Waals surface area contributed by atoms with Crippen LogP contribution in [0.3, 0.4) is 0 Å². The number of rotatable bonds is 3. The maximum Gasteiger partial charge on any atom is 0.242 e. The van der Waals surface area contributed by atoms with Crippen molar-refractivity contribution in [2.24, 2.45) is 0 Å². The Morgan fingerprint density at radius 2 is 2.00 bits per heavy atom. The van der Waals surface area contributed by atoms with Gasteiger partial charge in [-0.3, -0.25) is 9.59 Å². The fourth-order valence-corrected chi connectivity index (χ4v) is 2.24. The quantitative estimate of drug-likeness (QED) is 0.714. The minimum absolute atomic E-state index is 0.134. The van der Waals surface area contributed by atoms with Gasteiger partial charge in [-0.1, -0.05) is 24.3 Å². The van der Waals surface area contributed by atoms with E-state index in [0.29, 0.717) is 13.0 Å². The molecule has 1 aliphatic heterocycles. The topological polar surface area (TPSA) is 70.2 Å². The highest BCUT2D eigenvalue weighted by molar-refractivity contribution is 5.89. The van der Waals surface area contributed by atoms with Gasteiger partial charge in [-0.05, 0) is 24.5 Å². The molecule has 2 amide bonds. The molecule has 1 aromatic carbocycles. The van der Waals surface area contributed by atoms with Crippen LogP contribution in [-0.2, 0) is 22.6 Å². The summed E-state index contributed by atoms with van der Waals surface area (Å²) in [6.07, 6.45) is 0.655. The molecule has 0 saturated carbocycles. The van der Waals surface area contributed by atoms with Crippen LogP contribution >= 0.6 is 0 Å². The second-order valence-electron chi connectivity index (χ2n) is 4.75. The number of nitrogens with one attached hydrogen (secondary N) is 3. The summed E-state index contributed by atoms with van der Waals surface area (Å²) >= 11 is 0. The molecule has 102 valence electrons. The zero-order chi connectivity index (χ0) is 13.8. The maximum absolute atomic E-state index is 12.1. The number of carbonyl (C=O) groups is 2. The molecule has 0 aromatic heterocycles. The number of hydrogen-bond donors (Lipinski definition) is 3. The highest BCUT2D eigenvalue weighted by Crippen LogP contribution is 2.16. The van der Waals surface area contributed by atoms with Gasteiger partial charge in [0, 0.05) is 13.6 Å². The Kier molecular flexibility index (Phi) is 4.16. The molecule has 2 atom stereocenters. The van der Waals surface area contributed by atoms with Crippen LogP contribution in [0.2, 0.25) is 0 Å². The maximum atomic E-state index is 12.1. The van der Waals surface area contributed by atoms with Crippen LogP contribution in [0.1, 0.15) is 18.1 Å². The summed E-state index contributed by atoms with van der Waals surface area (Å²) in [5, 5.41) is 8.43. The van der Waals surface area contributed by atoms with Crippen molar-refractivity contribution in [2.75, 3.05) is 7.05 Å². The molecule has 0 radical (unpaired) electrons. The smallest absolute Gasteiger partial charge is 0.242 e. The summed E-state index contributed by atoms with van der Waals surface area (Å²) in [5.41, 5.74) is 2.42. The van der Waals surface area contributed by atoms with E-state index in [2.05, 4.69) is 22.0 Å². The predicted octanol–water partition coefficient (Wildman–Crippen LogP) is -0.0484. The zero-order valence-electron chi connectivity index (χ0n) is 11.2. The standard InChI is InChI=1S/C14H19N3O2/c1-9(13(18)15-2)17-14(19)12-7-10-5-3-4-6-11(10)8-16-12/h3-6,9,12,16H,7-8H2,1-2H3,(H,15,18)(H,17,19)/t9?,12-/m0/s1. The lowest BCUT2D eigenvalue weighted by molar-refractivity contribution is -0.129. The van der Waals surface area contributed by atoms with Crippen molar-refractivity contribution in [1.29, 1.82) is 0 Å². The van der Waals surface area contributed by atoms with E-state index in [4.69, 9.17) is 0 Å². The van der Waals surface area contributed by atoms with Crippen LogP contribution < -0.4 is 16.0 Å². The molecule has 0 spiro atoms. The Morgan fingerprint density at radius 1 is 1.32 bits per heavy atom. The SMILES string of the molecule is CNC(=O)C(C)NC(=O)[C@@H]1Cc2ccccc2CN1. The van der Waals surface area contributed by atoms with Crippen molar-refractivity contribution in [3.8, 4) is 0 Å². The van der Waals surface area contributed by atoms with Gasteiger partial charge in [0.1, 0.15) is 6.04 Å². The molecule has 0 bridgehead atoms. The molecule has 5 nitrogen and oxygen atoms in total. The first kappa shape index (κ1) is 13.5. The molecule has 0 saturated heterocycles.